The van der Waals surface area contributed by atoms with Crippen LogP contribution in [-0.4, -0.2) is 53.2 Å². The summed E-state index contributed by atoms with van der Waals surface area (Å²) in [4.78, 5) is 35.8. The van der Waals surface area contributed by atoms with Gasteiger partial charge in [-0.1, -0.05) is 18.2 Å². The molecule has 174 valence electrons. The first kappa shape index (κ1) is 22.8. The van der Waals surface area contributed by atoms with Crippen LogP contribution >= 0.6 is 0 Å². The first-order valence-electron chi connectivity index (χ1n) is 10.2. The van der Waals surface area contributed by atoms with E-state index in [0.29, 0.717) is 31.5 Å². The molecule has 1 spiro atoms. The van der Waals surface area contributed by atoms with Crippen molar-refractivity contribution < 1.29 is 23.1 Å². The van der Waals surface area contributed by atoms with E-state index in [1.54, 1.807) is 12.1 Å². The Labute approximate surface area is 188 Å². The highest BCUT2D eigenvalue weighted by Gasteiger charge is 2.55. The number of non-ortho nitro benzene ring substituents is 1. The second-order valence-corrected chi connectivity index (χ2v) is 9.95. The first-order valence-corrected chi connectivity index (χ1v) is 11.7. The number of rotatable bonds is 6. The van der Waals surface area contributed by atoms with Gasteiger partial charge in [0.05, 0.1) is 26.9 Å². The molecule has 33 heavy (non-hydrogen) atoms. The number of nitro groups is 2. The van der Waals surface area contributed by atoms with Crippen molar-refractivity contribution in [3.8, 4) is 0 Å². The number of piperidine rings is 1. The van der Waals surface area contributed by atoms with Crippen LogP contribution in [-0.2, 0) is 21.2 Å². The number of para-hydroxylation sites is 1. The lowest BCUT2D eigenvalue weighted by molar-refractivity contribution is -0.385. The van der Waals surface area contributed by atoms with Gasteiger partial charge >= 0.3 is 0 Å². The third kappa shape index (κ3) is 4.05. The molecule has 2 aliphatic heterocycles. The van der Waals surface area contributed by atoms with E-state index in [0.717, 1.165) is 24.3 Å². The number of amides is 1. The number of hydrogen-bond acceptors (Lipinski definition) is 9. The minimum atomic E-state index is -4.24. The van der Waals surface area contributed by atoms with Gasteiger partial charge in [-0.25, -0.2) is 8.42 Å². The van der Waals surface area contributed by atoms with E-state index in [2.05, 4.69) is 10.6 Å². The third-order valence-electron chi connectivity index (χ3n) is 6.04. The number of sulfone groups is 1. The molecule has 2 N–H and O–H groups in total. The number of hydrogen-bond donors (Lipinski definition) is 2. The molecule has 0 saturated carbocycles. The Balaban J connectivity index is 1.71. The van der Waals surface area contributed by atoms with Crippen molar-refractivity contribution in [2.75, 3.05) is 13.1 Å². The van der Waals surface area contributed by atoms with E-state index in [9.17, 15) is 33.4 Å². The van der Waals surface area contributed by atoms with E-state index < -0.39 is 36.6 Å². The van der Waals surface area contributed by atoms with Crippen molar-refractivity contribution in [2.45, 2.75) is 35.3 Å². The average molecular weight is 475 g/mol. The van der Waals surface area contributed by atoms with Crippen molar-refractivity contribution in [2.24, 2.45) is 0 Å². The Kier molecular flexibility index (Phi) is 5.86. The lowest BCUT2D eigenvalue weighted by atomic mass is 9.96. The van der Waals surface area contributed by atoms with Crippen LogP contribution in [0.3, 0.4) is 0 Å². The van der Waals surface area contributed by atoms with Crippen molar-refractivity contribution in [1.82, 2.24) is 15.5 Å². The summed E-state index contributed by atoms with van der Waals surface area (Å²) in [6, 6.07) is 10.4. The molecule has 2 aromatic rings. The van der Waals surface area contributed by atoms with Gasteiger partial charge in [0.2, 0.25) is 9.84 Å². The summed E-state index contributed by atoms with van der Waals surface area (Å²) >= 11 is 0. The maximum Gasteiger partial charge on any atom is 0.274 e. The monoisotopic (exact) mass is 475 g/mol. The summed E-state index contributed by atoms with van der Waals surface area (Å²) in [5.74, 6) is -0.714. The molecule has 12 nitrogen and oxygen atoms in total. The van der Waals surface area contributed by atoms with Gasteiger partial charge in [-0.2, -0.15) is 0 Å². The zero-order chi connectivity index (χ0) is 23.8. The van der Waals surface area contributed by atoms with E-state index >= 15 is 0 Å². The van der Waals surface area contributed by atoms with E-state index in [1.807, 2.05) is 0 Å². The van der Waals surface area contributed by atoms with Crippen LogP contribution in [0, 0.1) is 20.2 Å². The van der Waals surface area contributed by atoms with Crippen LogP contribution in [0.25, 0.3) is 0 Å². The molecule has 1 amide bonds. The minimum Gasteiger partial charge on any atom is -0.317 e. The number of benzene rings is 2. The number of nitro benzene ring substituents is 2. The average Bonchev–Trinajstić information content (AvgIpc) is 3.06. The van der Waals surface area contributed by atoms with Gasteiger partial charge in [0.15, 0.2) is 5.37 Å². The zero-order valence-electron chi connectivity index (χ0n) is 17.3. The summed E-state index contributed by atoms with van der Waals surface area (Å²) in [6.45, 7) is 0.922. The van der Waals surface area contributed by atoms with Gasteiger partial charge in [-0.05, 0) is 38.1 Å². The predicted molar refractivity (Wildman–Crippen MR) is 116 cm³/mol. The van der Waals surface area contributed by atoms with Gasteiger partial charge in [0, 0.05) is 23.8 Å². The van der Waals surface area contributed by atoms with Gasteiger partial charge in [0.25, 0.3) is 17.3 Å². The second kappa shape index (κ2) is 8.50. The van der Waals surface area contributed by atoms with E-state index in [1.165, 1.54) is 17.0 Å². The highest BCUT2D eigenvalue weighted by atomic mass is 32.2. The van der Waals surface area contributed by atoms with Crippen LogP contribution in [0.4, 0.5) is 11.4 Å². The largest absolute Gasteiger partial charge is 0.317 e. The van der Waals surface area contributed by atoms with Crippen molar-refractivity contribution in [1.29, 1.82) is 0 Å². The molecule has 2 aromatic carbocycles. The molecular weight excluding hydrogens is 454 g/mol. The molecule has 2 aliphatic rings. The Bertz CT molecular complexity index is 1210. The van der Waals surface area contributed by atoms with Gasteiger partial charge in [-0.15, -0.1) is 0 Å². The van der Waals surface area contributed by atoms with Gasteiger partial charge < -0.3 is 10.2 Å². The molecule has 2 fully saturated rings. The quantitative estimate of drug-likeness (QED) is 0.463. The lowest BCUT2D eigenvalue weighted by Crippen LogP contribution is -2.58. The molecule has 2 heterocycles. The number of nitrogens with one attached hydrogen (secondary N) is 2. The molecular formula is C20H21N5O7S. The Morgan fingerprint density at radius 2 is 1.64 bits per heavy atom. The summed E-state index contributed by atoms with van der Waals surface area (Å²) in [7, 11) is -4.24. The predicted octanol–water partition coefficient (Wildman–Crippen LogP) is 1.31. The molecule has 4 rings (SSSR count). The maximum absolute atomic E-state index is 13.4. The second-order valence-electron chi connectivity index (χ2n) is 7.91. The highest BCUT2D eigenvalue weighted by Crippen LogP contribution is 2.36. The van der Waals surface area contributed by atoms with Crippen LogP contribution in [0.15, 0.2) is 53.4 Å². The maximum atomic E-state index is 13.4. The van der Waals surface area contributed by atoms with E-state index in [-0.39, 0.29) is 22.8 Å². The fraction of sp³-hybridized carbons (Fsp3) is 0.350. The Morgan fingerprint density at radius 1 is 1.00 bits per heavy atom. The van der Waals surface area contributed by atoms with Crippen molar-refractivity contribution >= 4 is 27.1 Å². The lowest BCUT2D eigenvalue weighted by Gasteiger charge is -2.41. The SMILES string of the molecule is O=C1C(S(=O)(=O)c2ccc([N+](=O)[O-])cc2)NC2(CCNCC2)N1Cc1ccccc1[N+](=O)[O-]. The summed E-state index contributed by atoms with van der Waals surface area (Å²) in [5.41, 5.74) is -1.13. The molecule has 1 atom stereocenters. The molecule has 13 heteroatoms. The van der Waals surface area contributed by atoms with Crippen LogP contribution < -0.4 is 10.6 Å². The standard InChI is InChI=1S/C20H21N5O7S/c26-19-18(33(31,32)16-7-5-15(6-8-16)24(27)28)22-20(9-11-21-12-10-20)23(19)13-14-3-1-2-4-17(14)25(29)30/h1-8,18,21-22H,9-13H2. The van der Waals surface area contributed by atoms with Crippen molar-refractivity contribution in [3.05, 3.63) is 74.3 Å². The van der Waals surface area contributed by atoms with Crippen LogP contribution in [0.5, 0.6) is 0 Å². The molecule has 0 radical (unpaired) electrons. The highest BCUT2D eigenvalue weighted by molar-refractivity contribution is 7.92. The molecule has 0 bridgehead atoms. The summed E-state index contributed by atoms with van der Waals surface area (Å²) in [6.07, 6.45) is 0.817. The normalized spacial score (nSPS) is 20.2. The molecule has 1 unspecified atom stereocenters. The number of carbonyl (C=O) groups excluding carboxylic acids is 1. The van der Waals surface area contributed by atoms with Crippen LogP contribution in [0.1, 0.15) is 18.4 Å². The first-order chi connectivity index (χ1) is 15.7. The number of nitrogens with zero attached hydrogens (tertiary/aromatic N) is 3. The van der Waals surface area contributed by atoms with Crippen LogP contribution in [0.2, 0.25) is 0 Å². The molecule has 0 aromatic heterocycles. The number of carbonyl (C=O) groups is 1. The molecule has 2 saturated heterocycles. The Hall–Kier alpha value is -3.42. The van der Waals surface area contributed by atoms with E-state index in [4.69, 9.17) is 0 Å². The summed E-state index contributed by atoms with van der Waals surface area (Å²) in [5, 5.41) is 26.9. The summed E-state index contributed by atoms with van der Waals surface area (Å²) < 4.78 is 26.6. The van der Waals surface area contributed by atoms with Gasteiger partial charge in [-0.3, -0.25) is 30.3 Å². The topological polar surface area (TPSA) is 165 Å². The Morgan fingerprint density at radius 3 is 2.24 bits per heavy atom. The smallest absolute Gasteiger partial charge is 0.274 e. The minimum absolute atomic E-state index is 0.130. The zero-order valence-corrected chi connectivity index (χ0v) is 18.2. The third-order valence-corrected chi connectivity index (χ3v) is 7.91. The molecule has 0 aliphatic carbocycles. The fourth-order valence-electron chi connectivity index (χ4n) is 4.32. The van der Waals surface area contributed by atoms with Gasteiger partial charge in [0.1, 0.15) is 0 Å². The fourth-order valence-corrected chi connectivity index (χ4v) is 5.87. The van der Waals surface area contributed by atoms with Crippen molar-refractivity contribution in [3.63, 3.8) is 0 Å².